The van der Waals surface area contributed by atoms with E-state index in [4.69, 9.17) is 4.74 Å². The Bertz CT molecular complexity index is 666. The molecule has 0 fully saturated rings. The summed E-state index contributed by atoms with van der Waals surface area (Å²) in [6.45, 7) is 9.43. The third-order valence-electron chi connectivity index (χ3n) is 5.81. The number of ether oxygens (including phenoxy) is 1. The maximum absolute atomic E-state index is 12.0. The van der Waals surface area contributed by atoms with Crippen LogP contribution in [0, 0.1) is 17.3 Å². The number of carbonyl (C=O) groups excluding carboxylic acids is 1. The van der Waals surface area contributed by atoms with Crippen molar-refractivity contribution < 1.29 is 29.6 Å². The zero-order chi connectivity index (χ0) is 25.0. The maximum atomic E-state index is 12.0. The summed E-state index contributed by atoms with van der Waals surface area (Å²) in [5.74, 6) is -0.463. The minimum absolute atomic E-state index is 0.102. The number of esters is 1. The molecule has 0 saturated heterocycles. The van der Waals surface area contributed by atoms with Crippen LogP contribution in [0.3, 0.4) is 0 Å². The minimum Gasteiger partial charge on any atom is -0.479 e. The molecular weight excluding hydrogens is 440 g/mol. The summed E-state index contributed by atoms with van der Waals surface area (Å²) in [5.41, 5.74) is -0.733. The number of aliphatic hydroxyl groups excluding tert-OH is 2. The van der Waals surface area contributed by atoms with Crippen molar-refractivity contribution in [2.45, 2.75) is 104 Å². The lowest BCUT2D eigenvalue weighted by atomic mass is 9.96. The van der Waals surface area contributed by atoms with Gasteiger partial charge in [0.05, 0.1) is 17.6 Å². The van der Waals surface area contributed by atoms with E-state index in [1.807, 2.05) is 18.2 Å². The lowest BCUT2D eigenvalue weighted by Gasteiger charge is -2.21. The predicted octanol–water partition coefficient (Wildman–Crippen LogP) is 5.33. The van der Waals surface area contributed by atoms with Gasteiger partial charge in [-0.3, -0.25) is 4.79 Å². The van der Waals surface area contributed by atoms with Gasteiger partial charge >= 0.3 is 11.9 Å². The number of carbonyl (C=O) groups is 2. The molecule has 0 aromatic carbocycles. The van der Waals surface area contributed by atoms with Crippen molar-refractivity contribution in [1.82, 2.24) is 0 Å². The van der Waals surface area contributed by atoms with E-state index in [0.29, 0.717) is 18.8 Å². The highest BCUT2D eigenvalue weighted by molar-refractivity contribution is 8.03. The van der Waals surface area contributed by atoms with Gasteiger partial charge in [0.2, 0.25) is 0 Å². The van der Waals surface area contributed by atoms with Gasteiger partial charge in [0.15, 0.2) is 6.10 Å². The number of aliphatic hydroxyl groups is 2. The van der Waals surface area contributed by atoms with E-state index in [1.165, 1.54) is 6.42 Å². The second kappa shape index (κ2) is 14.8. The molecule has 7 heteroatoms. The third kappa shape index (κ3) is 11.6. The van der Waals surface area contributed by atoms with Crippen molar-refractivity contribution in [3.63, 3.8) is 0 Å². The molecule has 5 atom stereocenters. The molecule has 0 aliphatic heterocycles. The number of thioether (sulfide) groups is 1. The first-order valence-corrected chi connectivity index (χ1v) is 13.2. The van der Waals surface area contributed by atoms with E-state index in [9.17, 15) is 24.9 Å². The SMILES string of the molecule is CCCCC(C)CC(O)C=C[C@@H]1C(SCCCCC(OC(=O)C(C)(C)C)C(=O)O)=CCC1O. The van der Waals surface area contributed by atoms with Crippen molar-refractivity contribution >= 4 is 23.7 Å². The summed E-state index contributed by atoms with van der Waals surface area (Å²) in [6.07, 6.45) is 10.2. The molecule has 1 rings (SSSR count). The predicted molar refractivity (Wildman–Crippen MR) is 134 cm³/mol. The molecule has 0 aromatic heterocycles. The molecule has 1 aliphatic rings. The van der Waals surface area contributed by atoms with E-state index in [-0.39, 0.29) is 12.3 Å². The smallest absolute Gasteiger partial charge is 0.345 e. The molecule has 0 heterocycles. The van der Waals surface area contributed by atoms with Crippen LogP contribution in [0.1, 0.15) is 86.0 Å². The summed E-state index contributed by atoms with van der Waals surface area (Å²) in [6, 6.07) is 0. The Morgan fingerprint density at radius 2 is 1.94 bits per heavy atom. The van der Waals surface area contributed by atoms with Crippen LogP contribution in [-0.4, -0.2) is 51.3 Å². The third-order valence-corrected chi connectivity index (χ3v) is 7.07. The number of carboxylic acid groups (broad SMARTS) is 1. The Labute approximate surface area is 203 Å². The summed E-state index contributed by atoms with van der Waals surface area (Å²) < 4.78 is 5.17. The highest BCUT2D eigenvalue weighted by Crippen LogP contribution is 2.36. The van der Waals surface area contributed by atoms with Gasteiger partial charge in [-0.05, 0) is 69.5 Å². The van der Waals surface area contributed by atoms with Gasteiger partial charge in [0.25, 0.3) is 0 Å². The fraction of sp³-hybridized carbons (Fsp3) is 0.769. The molecule has 6 nitrogen and oxygen atoms in total. The van der Waals surface area contributed by atoms with E-state index < -0.39 is 35.7 Å². The monoisotopic (exact) mass is 484 g/mol. The Morgan fingerprint density at radius 1 is 1.24 bits per heavy atom. The zero-order valence-corrected chi connectivity index (χ0v) is 21.8. The highest BCUT2D eigenvalue weighted by atomic mass is 32.2. The van der Waals surface area contributed by atoms with E-state index in [1.54, 1.807) is 32.5 Å². The van der Waals surface area contributed by atoms with Crippen molar-refractivity contribution in [3.05, 3.63) is 23.1 Å². The average molecular weight is 485 g/mol. The Morgan fingerprint density at radius 3 is 2.55 bits per heavy atom. The van der Waals surface area contributed by atoms with Crippen LogP contribution in [0.2, 0.25) is 0 Å². The molecule has 0 spiro atoms. The highest BCUT2D eigenvalue weighted by Gasteiger charge is 2.30. The van der Waals surface area contributed by atoms with Gasteiger partial charge < -0.3 is 20.1 Å². The molecule has 0 bridgehead atoms. The topological polar surface area (TPSA) is 104 Å². The van der Waals surface area contributed by atoms with Gasteiger partial charge in [-0.25, -0.2) is 4.79 Å². The largest absolute Gasteiger partial charge is 0.479 e. The zero-order valence-electron chi connectivity index (χ0n) is 21.0. The van der Waals surface area contributed by atoms with Crippen LogP contribution in [-0.2, 0) is 14.3 Å². The standard InChI is InChI=1S/C26H44O6S/c1-6-7-10-18(2)17-19(27)12-13-20-21(28)14-15-23(20)33-16-9-8-11-22(24(29)30)32-25(31)26(3,4)5/h12-13,15,18-22,27-28H,6-11,14,16-17H2,1-5H3,(H,29,30)/t18?,19?,20-,21?,22?/m0/s1. The molecule has 1 aliphatic carbocycles. The summed E-state index contributed by atoms with van der Waals surface area (Å²) in [4.78, 5) is 24.5. The van der Waals surface area contributed by atoms with Crippen LogP contribution < -0.4 is 0 Å². The molecule has 0 radical (unpaired) electrons. The molecule has 190 valence electrons. The van der Waals surface area contributed by atoms with Gasteiger partial charge in [-0.1, -0.05) is 51.3 Å². The van der Waals surface area contributed by atoms with Crippen LogP contribution in [0.15, 0.2) is 23.1 Å². The molecule has 0 aromatic rings. The van der Waals surface area contributed by atoms with Crippen molar-refractivity contribution in [2.75, 3.05) is 5.75 Å². The Hall–Kier alpha value is -1.31. The van der Waals surface area contributed by atoms with Crippen LogP contribution in [0.4, 0.5) is 0 Å². The molecule has 0 saturated carbocycles. The fourth-order valence-electron chi connectivity index (χ4n) is 3.66. The van der Waals surface area contributed by atoms with Crippen LogP contribution >= 0.6 is 11.8 Å². The molecule has 33 heavy (non-hydrogen) atoms. The normalized spacial score (nSPS) is 21.6. The molecule has 0 amide bonds. The Balaban J connectivity index is 2.43. The number of rotatable bonds is 15. The van der Waals surface area contributed by atoms with Crippen molar-refractivity contribution in [3.8, 4) is 0 Å². The van der Waals surface area contributed by atoms with Gasteiger partial charge in [-0.15, -0.1) is 11.8 Å². The van der Waals surface area contributed by atoms with Crippen LogP contribution in [0.25, 0.3) is 0 Å². The van der Waals surface area contributed by atoms with E-state index >= 15 is 0 Å². The summed E-state index contributed by atoms with van der Waals surface area (Å²) in [7, 11) is 0. The van der Waals surface area contributed by atoms with Crippen LogP contribution in [0.5, 0.6) is 0 Å². The second-order valence-corrected chi connectivity index (χ2v) is 11.4. The first-order valence-electron chi connectivity index (χ1n) is 12.3. The Kier molecular flexibility index (Phi) is 13.4. The molecule has 4 unspecified atom stereocenters. The maximum Gasteiger partial charge on any atom is 0.345 e. The van der Waals surface area contributed by atoms with Crippen molar-refractivity contribution in [2.24, 2.45) is 17.3 Å². The average Bonchev–Trinajstić information content (AvgIpc) is 3.07. The van der Waals surface area contributed by atoms with Crippen molar-refractivity contribution in [1.29, 1.82) is 0 Å². The van der Waals surface area contributed by atoms with Gasteiger partial charge in [0.1, 0.15) is 0 Å². The van der Waals surface area contributed by atoms with Gasteiger partial charge in [0, 0.05) is 5.92 Å². The quantitative estimate of drug-likeness (QED) is 0.164. The number of hydrogen-bond donors (Lipinski definition) is 3. The lowest BCUT2D eigenvalue weighted by molar-refractivity contribution is -0.170. The minimum atomic E-state index is -1.12. The summed E-state index contributed by atoms with van der Waals surface area (Å²) in [5, 5.41) is 30.0. The molecule has 3 N–H and O–H groups in total. The van der Waals surface area contributed by atoms with E-state index in [0.717, 1.165) is 36.3 Å². The summed E-state index contributed by atoms with van der Waals surface area (Å²) >= 11 is 1.66. The number of aliphatic carboxylic acids is 1. The molecular formula is C26H44O6S. The number of hydrogen-bond acceptors (Lipinski definition) is 6. The number of unbranched alkanes of at least 4 members (excludes halogenated alkanes) is 2. The first-order chi connectivity index (χ1) is 15.5. The first kappa shape index (κ1) is 29.7. The van der Waals surface area contributed by atoms with Gasteiger partial charge in [-0.2, -0.15) is 0 Å². The number of carboxylic acids is 1. The lowest BCUT2D eigenvalue weighted by Crippen LogP contribution is -2.32. The fourth-order valence-corrected chi connectivity index (χ4v) is 4.88. The van der Waals surface area contributed by atoms with E-state index in [2.05, 4.69) is 13.8 Å². The second-order valence-electron chi connectivity index (χ2n) is 10.2.